The van der Waals surface area contributed by atoms with Gasteiger partial charge in [0.25, 0.3) is 0 Å². The molecule has 0 saturated heterocycles. The molecule has 0 radical (unpaired) electrons. The highest BCUT2D eigenvalue weighted by Crippen LogP contribution is 2.27. The SMILES string of the molecule is COc1cccc(Cl)c1CC(=O)NC(CCC(=O)O)c1ccccc1. The second-order valence-electron chi connectivity index (χ2n) is 5.56. The molecule has 0 aliphatic carbocycles. The number of methoxy groups -OCH3 is 1. The molecule has 2 aromatic carbocycles. The minimum Gasteiger partial charge on any atom is -0.496 e. The lowest BCUT2D eigenvalue weighted by Crippen LogP contribution is -2.30. The second-order valence-corrected chi connectivity index (χ2v) is 5.97. The van der Waals surface area contributed by atoms with Crippen molar-refractivity contribution >= 4 is 23.5 Å². The first-order valence-electron chi connectivity index (χ1n) is 7.88. The van der Waals surface area contributed by atoms with Crippen LogP contribution in [0.1, 0.15) is 30.0 Å². The van der Waals surface area contributed by atoms with Crippen LogP contribution >= 0.6 is 11.6 Å². The predicted octanol–water partition coefficient (Wildman–Crippen LogP) is 3.61. The molecule has 1 amide bonds. The minimum atomic E-state index is -0.900. The van der Waals surface area contributed by atoms with Crippen molar-refractivity contribution in [1.82, 2.24) is 5.32 Å². The molecule has 2 rings (SSSR count). The number of halogens is 1. The van der Waals surface area contributed by atoms with Gasteiger partial charge in [-0.2, -0.15) is 0 Å². The van der Waals surface area contributed by atoms with E-state index in [4.69, 9.17) is 21.4 Å². The van der Waals surface area contributed by atoms with Gasteiger partial charge in [-0.25, -0.2) is 0 Å². The molecule has 0 aromatic heterocycles. The third-order valence-corrected chi connectivity index (χ3v) is 4.17. The fourth-order valence-electron chi connectivity index (χ4n) is 2.58. The summed E-state index contributed by atoms with van der Waals surface area (Å²) in [6.45, 7) is 0. The van der Waals surface area contributed by atoms with Crippen molar-refractivity contribution < 1.29 is 19.4 Å². The van der Waals surface area contributed by atoms with E-state index in [9.17, 15) is 9.59 Å². The predicted molar refractivity (Wildman–Crippen MR) is 95.9 cm³/mol. The van der Waals surface area contributed by atoms with Gasteiger partial charge in [0.05, 0.1) is 19.6 Å². The molecular formula is C19H20ClNO4. The van der Waals surface area contributed by atoms with Crippen LogP contribution in [0.4, 0.5) is 0 Å². The Labute approximate surface area is 151 Å². The topological polar surface area (TPSA) is 75.6 Å². The first-order valence-corrected chi connectivity index (χ1v) is 8.26. The molecule has 0 fully saturated rings. The molecule has 6 heteroatoms. The number of rotatable bonds is 8. The molecule has 0 saturated carbocycles. The summed E-state index contributed by atoms with van der Waals surface area (Å²) in [7, 11) is 1.52. The van der Waals surface area contributed by atoms with Crippen LogP contribution in [0.5, 0.6) is 5.75 Å². The van der Waals surface area contributed by atoms with E-state index in [1.54, 1.807) is 18.2 Å². The first-order chi connectivity index (χ1) is 12.0. The lowest BCUT2D eigenvalue weighted by atomic mass is 10.0. The summed E-state index contributed by atoms with van der Waals surface area (Å²) in [6.07, 6.45) is 0.333. The molecule has 5 nitrogen and oxygen atoms in total. The number of hydrogen-bond donors (Lipinski definition) is 2. The molecule has 1 atom stereocenters. The van der Waals surface area contributed by atoms with Crippen molar-refractivity contribution in [3.8, 4) is 5.75 Å². The van der Waals surface area contributed by atoms with Gasteiger partial charge in [-0.3, -0.25) is 9.59 Å². The van der Waals surface area contributed by atoms with Gasteiger partial charge in [0, 0.05) is 17.0 Å². The summed E-state index contributed by atoms with van der Waals surface area (Å²) in [5.41, 5.74) is 1.47. The molecule has 0 aliphatic rings. The molecule has 0 heterocycles. The average molecular weight is 362 g/mol. The summed E-state index contributed by atoms with van der Waals surface area (Å²) in [5, 5.41) is 12.3. The van der Waals surface area contributed by atoms with Crippen LogP contribution in [0.2, 0.25) is 5.02 Å². The molecule has 25 heavy (non-hydrogen) atoms. The van der Waals surface area contributed by atoms with Gasteiger partial charge in [-0.05, 0) is 24.1 Å². The highest BCUT2D eigenvalue weighted by atomic mass is 35.5. The lowest BCUT2D eigenvalue weighted by molar-refractivity contribution is -0.137. The number of benzene rings is 2. The number of ether oxygens (including phenoxy) is 1. The standard InChI is InChI=1S/C19H20ClNO4/c1-25-17-9-5-8-15(20)14(17)12-18(22)21-16(10-11-19(23)24)13-6-3-2-4-7-13/h2-9,16H,10-12H2,1H3,(H,21,22)(H,23,24). The molecule has 2 N–H and O–H groups in total. The molecule has 0 spiro atoms. The van der Waals surface area contributed by atoms with Gasteiger partial charge < -0.3 is 15.2 Å². The zero-order valence-electron chi connectivity index (χ0n) is 13.9. The highest BCUT2D eigenvalue weighted by molar-refractivity contribution is 6.31. The quantitative estimate of drug-likeness (QED) is 0.753. The van der Waals surface area contributed by atoms with Gasteiger partial charge in [-0.1, -0.05) is 48.0 Å². The fourth-order valence-corrected chi connectivity index (χ4v) is 2.82. The summed E-state index contributed by atoms with van der Waals surface area (Å²) >= 11 is 6.17. The Morgan fingerprint density at radius 1 is 1.16 bits per heavy atom. The van der Waals surface area contributed by atoms with Crippen molar-refractivity contribution in [3.05, 3.63) is 64.7 Å². The minimum absolute atomic E-state index is 0.0325. The second kappa shape index (κ2) is 9.08. The van der Waals surface area contributed by atoms with Crippen LogP contribution in [0.3, 0.4) is 0 Å². The normalized spacial score (nSPS) is 11.6. The van der Waals surface area contributed by atoms with Crippen molar-refractivity contribution in [3.63, 3.8) is 0 Å². The number of carbonyl (C=O) groups excluding carboxylic acids is 1. The fraction of sp³-hybridized carbons (Fsp3) is 0.263. The Bertz CT molecular complexity index is 733. The van der Waals surface area contributed by atoms with Crippen LogP contribution in [0.15, 0.2) is 48.5 Å². The maximum Gasteiger partial charge on any atom is 0.303 e. The van der Waals surface area contributed by atoms with E-state index in [1.165, 1.54) is 7.11 Å². The summed E-state index contributed by atoms with van der Waals surface area (Å²) in [6, 6.07) is 14.1. The zero-order chi connectivity index (χ0) is 18.2. The largest absolute Gasteiger partial charge is 0.496 e. The zero-order valence-corrected chi connectivity index (χ0v) is 14.6. The van der Waals surface area contributed by atoms with Gasteiger partial charge in [0.15, 0.2) is 0 Å². The number of amides is 1. The van der Waals surface area contributed by atoms with E-state index < -0.39 is 5.97 Å². The Balaban J connectivity index is 2.13. The molecule has 2 aromatic rings. The van der Waals surface area contributed by atoms with Gasteiger partial charge in [-0.15, -0.1) is 0 Å². The monoisotopic (exact) mass is 361 g/mol. The van der Waals surface area contributed by atoms with Crippen LogP contribution in [-0.2, 0) is 16.0 Å². The molecule has 0 aliphatic heterocycles. The lowest BCUT2D eigenvalue weighted by Gasteiger charge is -2.19. The van der Waals surface area contributed by atoms with Crippen molar-refractivity contribution in [2.24, 2.45) is 0 Å². The number of hydrogen-bond acceptors (Lipinski definition) is 3. The maximum atomic E-state index is 12.5. The van der Waals surface area contributed by atoms with E-state index in [0.29, 0.717) is 22.8 Å². The number of aliphatic carboxylic acids is 1. The third kappa shape index (κ3) is 5.50. The van der Waals surface area contributed by atoms with Crippen molar-refractivity contribution in [2.75, 3.05) is 7.11 Å². The Kier molecular flexibility index (Phi) is 6.83. The van der Waals surface area contributed by atoms with Gasteiger partial charge in [0.2, 0.25) is 5.91 Å². The number of carbonyl (C=O) groups is 2. The average Bonchev–Trinajstić information content (AvgIpc) is 2.61. The molecule has 1 unspecified atom stereocenters. The Morgan fingerprint density at radius 3 is 2.52 bits per heavy atom. The van der Waals surface area contributed by atoms with Crippen LogP contribution in [-0.4, -0.2) is 24.1 Å². The summed E-state index contributed by atoms with van der Waals surface area (Å²) in [4.78, 5) is 23.4. The van der Waals surface area contributed by atoms with Gasteiger partial charge >= 0.3 is 5.97 Å². The van der Waals surface area contributed by atoms with Crippen LogP contribution < -0.4 is 10.1 Å². The van der Waals surface area contributed by atoms with Gasteiger partial charge in [0.1, 0.15) is 5.75 Å². The summed E-state index contributed by atoms with van der Waals surface area (Å²) < 4.78 is 5.25. The van der Waals surface area contributed by atoms with Crippen LogP contribution in [0, 0.1) is 0 Å². The van der Waals surface area contributed by atoms with Crippen molar-refractivity contribution in [2.45, 2.75) is 25.3 Å². The van der Waals surface area contributed by atoms with E-state index >= 15 is 0 Å². The molecular weight excluding hydrogens is 342 g/mol. The maximum absolute atomic E-state index is 12.5. The summed E-state index contributed by atoms with van der Waals surface area (Å²) in [5.74, 6) is -0.599. The Hall–Kier alpha value is -2.53. The highest BCUT2D eigenvalue weighted by Gasteiger charge is 2.18. The van der Waals surface area contributed by atoms with E-state index in [2.05, 4.69) is 5.32 Å². The molecule has 132 valence electrons. The third-order valence-electron chi connectivity index (χ3n) is 3.82. The van der Waals surface area contributed by atoms with Crippen molar-refractivity contribution in [1.29, 1.82) is 0 Å². The number of carboxylic acids is 1. The van der Waals surface area contributed by atoms with E-state index in [1.807, 2.05) is 30.3 Å². The number of carboxylic acid groups (broad SMARTS) is 1. The van der Waals surface area contributed by atoms with E-state index in [0.717, 1.165) is 5.56 Å². The Morgan fingerprint density at radius 2 is 1.88 bits per heavy atom. The smallest absolute Gasteiger partial charge is 0.303 e. The number of nitrogens with one attached hydrogen (secondary N) is 1. The first kappa shape index (κ1) is 18.8. The van der Waals surface area contributed by atoms with Crippen LogP contribution in [0.25, 0.3) is 0 Å². The molecule has 0 bridgehead atoms. The van der Waals surface area contributed by atoms with E-state index in [-0.39, 0.29) is 24.8 Å².